The maximum atomic E-state index is 13.2. The van der Waals surface area contributed by atoms with Gasteiger partial charge in [-0.15, -0.1) is 0 Å². The molecule has 0 heterocycles. The Kier molecular flexibility index (Phi) is 7.58. The molecule has 0 fully saturated rings. The molecule has 0 radical (unpaired) electrons. The maximum absolute atomic E-state index is 13.2. The largest absolute Gasteiger partial charge is 0.374 e. The van der Waals surface area contributed by atoms with Gasteiger partial charge in [0.05, 0.1) is 0 Å². The Hall–Kier alpha value is -1.78. The van der Waals surface area contributed by atoms with Crippen LogP contribution in [0.15, 0.2) is 29.3 Å². The van der Waals surface area contributed by atoms with E-state index in [1.165, 1.54) is 6.07 Å². The van der Waals surface area contributed by atoms with Crippen molar-refractivity contribution < 1.29 is 4.39 Å². The van der Waals surface area contributed by atoms with Crippen molar-refractivity contribution in [2.45, 2.75) is 32.7 Å². The molecule has 1 aromatic rings. The van der Waals surface area contributed by atoms with E-state index in [0.29, 0.717) is 6.04 Å². The minimum atomic E-state index is -0.198. The van der Waals surface area contributed by atoms with E-state index in [0.717, 1.165) is 37.6 Å². The number of guanidine groups is 1. The van der Waals surface area contributed by atoms with E-state index in [9.17, 15) is 4.39 Å². The van der Waals surface area contributed by atoms with E-state index < -0.39 is 0 Å². The van der Waals surface area contributed by atoms with Gasteiger partial charge >= 0.3 is 0 Å². The first-order valence-electron chi connectivity index (χ1n) is 7.50. The van der Waals surface area contributed by atoms with Gasteiger partial charge in [-0.1, -0.05) is 13.0 Å². The first kappa shape index (κ1) is 17.3. The van der Waals surface area contributed by atoms with Crippen molar-refractivity contribution in [2.24, 2.45) is 4.99 Å². The van der Waals surface area contributed by atoms with Gasteiger partial charge < -0.3 is 15.5 Å². The molecule has 4 nitrogen and oxygen atoms in total. The molecule has 0 bridgehead atoms. The minimum Gasteiger partial charge on any atom is -0.374 e. The van der Waals surface area contributed by atoms with Gasteiger partial charge in [0, 0.05) is 38.9 Å². The van der Waals surface area contributed by atoms with Crippen molar-refractivity contribution >= 4 is 11.6 Å². The van der Waals surface area contributed by atoms with Crippen molar-refractivity contribution in [3.63, 3.8) is 0 Å². The molecule has 1 unspecified atom stereocenters. The molecule has 0 amide bonds. The van der Waals surface area contributed by atoms with Crippen molar-refractivity contribution in [3.05, 3.63) is 30.1 Å². The highest BCUT2D eigenvalue weighted by Gasteiger charge is 2.04. The molecule has 21 heavy (non-hydrogen) atoms. The third-order valence-electron chi connectivity index (χ3n) is 3.43. The van der Waals surface area contributed by atoms with Gasteiger partial charge in [0.2, 0.25) is 0 Å². The number of hydrogen-bond donors (Lipinski definition) is 2. The smallest absolute Gasteiger partial charge is 0.191 e. The zero-order chi connectivity index (χ0) is 15.7. The third-order valence-corrected chi connectivity index (χ3v) is 3.43. The predicted octanol–water partition coefficient (Wildman–Crippen LogP) is 2.62. The Morgan fingerprint density at radius 1 is 1.43 bits per heavy atom. The summed E-state index contributed by atoms with van der Waals surface area (Å²) in [6, 6.07) is 7.07. The molecule has 5 heteroatoms. The van der Waals surface area contributed by atoms with Crippen LogP contribution >= 0.6 is 0 Å². The number of halogens is 1. The zero-order valence-corrected chi connectivity index (χ0v) is 13.5. The SMILES string of the molecule is CCC(C)NC(=NC)NCCCN(C)c1cccc(F)c1. The van der Waals surface area contributed by atoms with Crippen molar-refractivity contribution in [3.8, 4) is 0 Å². The first-order valence-corrected chi connectivity index (χ1v) is 7.50. The molecule has 1 atom stereocenters. The summed E-state index contributed by atoms with van der Waals surface area (Å²) in [6.07, 6.45) is 2.01. The highest BCUT2D eigenvalue weighted by atomic mass is 19.1. The van der Waals surface area contributed by atoms with Crippen LogP contribution in [-0.2, 0) is 0 Å². The number of anilines is 1. The standard InChI is InChI=1S/C16H27FN4/c1-5-13(2)20-16(18-3)19-10-7-11-21(4)15-9-6-8-14(17)12-15/h6,8-9,12-13H,5,7,10-11H2,1-4H3,(H2,18,19,20). The lowest BCUT2D eigenvalue weighted by molar-refractivity contribution is 0.619. The Morgan fingerprint density at radius 3 is 2.81 bits per heavy atom. The van der Waals surface area contributed by atoms with Crippen LogP contribution in [-0.4, -0.2) is 39.2 Å². The second-order valence-corrected chi connectivity index (χ2v) is 5.21. The van der Waals surface area contributed by atoms with Gasteiger partial charge in [0.15, 0.2) is 5.96 Å². The van der Waals surface area contributed by atoms with Crippen molar-refractivity contribution in [1.82, 2.24) is 10.6 Å². The fraction of sp³-hybridized carbons (Fsp3) is 0.562. The number of nitrogens with zero attached hydrogens (tertiary/aromatic N) is 2. The Labute approximate surface area is 127 Å². The lowest BCUT2D eigenvalue weighted by Gasteiger charge is -2.20. The highest BCUT2D eigenvalue weighted by Crippen LogP contribution is 2.13. The molecule has 0 aliphatic rings. The van der Waals surface area contributed by atoms with Crippen LogP contribution in [0.3, 0.4) is 0 Å². The molecule has 0 aliphatic carbocycles. The van der Waals surface area contributed by atoms with Crippen molar-refractivity contribution in [2.75, 3.05) is 32.1 Å². The number of hydrogen-bond acceptors (Lipinski definition) is 2. The van der Waals surface area contributed by atoms with Gasteiger partial charge in [-0.05, 0) is 38.0 Å². The van der Waals surface area contributed by atoms with E-state index in [1.54, 1.807) is 19.2 Å². The molecule has 0 aliphatic heterocycles. The second-order valence-electron chi connectivity index (χ2n) is 5.21. The predicted molar refractivity (Wildman–Crippen MR) is 88.5 cm³/mol. The molecule has 1 rings (SSSR count). The summed E-state index contributed by atoms with van der Waals surface area (Å²) in [5.41, 5.74) is 0.900. The fourth-order valence-corrected chi connectivity index (χ4v) is 1.90. The molecule has 2 N–H and O–H groups in total. The summed E-state index contributed by atoms with van der Waals surface area (Å²) in [5.74, 6) is 0.633. The number of aliphatic imine (C=N–C) groups is 1. The van der Waals surface area contributed by atoms with Gasteiger partial charge in [-0.2, -0.15) is 0 Å². The second kappa shape index (κ2) is 9.21. The summed E-state index contributed by atoms with van der Waals surface area (Å²) in [6.45, 7) is 5.95. The van der Waals surface area contributed by atoms with Crippen LogP contribution in [0.1, 0.15) is 26.7 Å². The molecule has 0 spiro atoms. The minimum absolute atomic E-state index is 0.198. The lowest BCUT2D eigenvalue weighted by atomic mass is 10.2. The number of benzene rings is 1. The monoisotopic (exact) mass is 294 g/mol. The molecule has 118 valence electrons. The summed E-state index contributed by atoms with van der Waals surface area (Å²) in [5, 5.41) is 6.61. The Morgan fingerprint density at radius 2 is 2.19 bits per heavy atom. The molecule has 0 saturated heterocycles. The van der Waals surface area contributed by atoms with Crippen molar-refractivity contribution in [1.29, 1.82) is 0 Å². The van der Waals surface area contributed by atoms with Crippen LogP contribution in [0.4, 0.5) is 10.1 Å². The maximum Gasteiger partial charge on any atom is 0.191 e. The summed E-state index contributed by atoms with van der Waals surface area (Å²) in [4.78, 5) is 6.24. The normalized spacial score (nSPS) is 12.9. The lowest BCUT2D eigenvalue weighted by Crippen LogP contribution is -2.42. The van der Waals surface area contributed by atoms with E-state index in [1.807, 2.05) is 13.1 Å². The van der Waals surface area contributed by atoms with Crippen LogP contribution in [0.5, 0.6) is 0 Å². The van der Waals surface area contributed by atoms with Gasteiger partial charge in [-0.25, -0.2) is 4.39 Å². The first-order chi connectivity index (χ1) is 10.1. The molecule has 0 aromatic heterocycles. The van der Waals surface area contributed by atoms with Gasteiger partial charge in [0.25, 0.3) is 0 Å². The third kappa shape index (κ3) is 6.47. The van der Waals surface area contributed by atoms with E-state index in [2.05, 4.69) is 34.4 Å². The van der Waals surface area contributed by atoms with Gasteiger partial charge in [0.1, 0.15) is 5.82 Å². The average Bonchev–Trinajstić information content (AvgIpc) is 2.49. The fourth-order valence-electron chi connectivity index (χ4n) is 1.90. The Balaban J connectivity index is 2.30. The quantitative estimate of drug-likeness (QED) is 0.461. The van der Waals surface area contributed by atoms with Gasteiger partial charge in [-0.3, -0.25) is 4.99 Å². The molecular formula is C16H27FN4. The van der Waals surface area contributed by atoms with E-state index in [-0.39, 0.29) is 5.82 Å². The van der Waals surface area contributed by atoms with Crippen LogP contribution in [0.25, 0.3) is 0 Å². The zero-order valence-electron chi connectivity index (χ0n) is 13.5. The summed E-state index contributed by atoms with van der Waals surface area (Å²) in [7, 11) is 3.75. The molecule has 1 aromatic carbocycles. The summed E-state index contributed by atoms with van der Waals surface area (Å²) >= 11 is 0. The summed E-state index contributed by atoms with van der Waals surface area (Å²) < 4.78 is 13.2. The van der Waals surface area contributed by atoms with E-state index >= 15 is 0 Å². The van der Waals surface area contributed by atoms with E-state index in [4.69, 9.17) is 0 Å². The molecular weight excluding hydrogens is 267 g/mol. The highest BCUT2D eigenvalue weighted by molar-refractivity contribution is 5.79. The number of nitrogens with one attached hydrogen (secondary N) is 2. The molecule has 0 saturated carbocycles. The van der Waals surface area contributed by atoms with Crippen LogP contribution in [0.2, 0.25) is 0 Å². The average molecular weight is 294 g/mol. The van der Waals surface area contributed by atoms with Crippen LogP contribution < -0.4 is 15.5 Å². The van der Waals surface area contributed by atoms with Crippen LogP contribution in [0, 0.1) is 5.82 Å². The Bertz CT molecular complexity index is 448. The topological polar surface area (TPSA) is 39.7 Å². The number of rotatable bonds is 7.